The molecule has 0 saturated heterocycles. The third-order valence-corrected chi connectivity index (χ3v) is 10.8. The first kappa shape index (κ1) is 39.8. The first-order valence-corrected chi connectivity index (χ1v) is 18.2. The average molecular weight is 851 g/mol. The molecule has 6 heteroatoms. The topological polar surface area (TPSA) is 59.8 Å². The monoisotopic (exact) mass is 851 g/mol. The van der Waals surface area contributed by atoms with Crippen LogP contribution in [0.25, 0.3) is 22.0 Å². The smallest absolute Gasteiger partial charge is 0.508 e. The second kappa shape index (κ2) is 18.0. The fraction of sp³-hybridized carbons (Fsp3) is 0.455. The molecule has 2 aliphatic carbocycles. The van der Waals surface area contributed by atoms with Crippen molar-refractivity contribution in [3.63, 3.8) is 0 Å². The Kier molecular flexibility index (Phi) is 14.3. The van der Waals surface area contributed by atoms with E-state index in [1.807, 2.05) is 56.3 Å². The van der Waals surface area contributed by atoms with Crippen molar-refractivity contribution in [2.24, 2.45) is 10.8 Å². The van der Waals surface area contributed by atoms with E-state index in [0.717, 1.165) is 22.9 Å². The second-order valence-electron chi connectivity index (χ2n) is 15.4. The molecule has 7 rings (SSSR count). The first-order chi connectivity index (χ1) is 23.4. The van der Waals surface area contributed by atoms with E-state index in [1.165, 1.54) is 73.4 Å². The molecule has 5 nitrogen and oxygen atoms in total. The summed E-state index contributed by atoms with van der Waals surface area (Å²) in [4.78, 5) is 8.81. The number of benzene rings is 3. The fourth-order valence-electron chi connectivity index (χ4n) is 7.50. The molecule has 1 spiro atoms. The van der Waals surface area contributed by atoms with E-state index >= 15 is 0 Å². The largest absolute Gasteiger partial charge is 3.00 e. The predicted molar refractivity (Wildman–Crippen MR) is 203 cm³/mol. The summed E-state index contributed by atoms with van der Waals surface area (Å²) in [6, 6.07) is 31.8. The Balaban J connectivity index is 0.000000221. The molecule has 0 amide bonds. The standard InChI is InChI=1S/C28H32N.C11H12N2.C5H12O2.Ir/c1-27(2)15-17-28(18-16-27)13-10-21(11-14-28)23-8-9-25-24(20-23)12-19-29-26(25)22-6-4-3-5-7-22;1-10-8-13(9-12(10)2)11-6-4-3-5-7-11;1-4(6)3-5(2)7;/h3-6,8-9,12,19-21H,10-11,13-18H2,1-2H3;3-6,8-9H,1-2H3;4-7H,3H2,1-2H3;/q-1;-2;;+3. The van der Waals surface area contributed by atoms with E-state index < -0.39 is 0 Å². The molecule has 3 aromatic carbocycles. The zero-order chi connectivity index (χ0) is 35.0. The van der Waals surface area contributed by atoms with Gasteiger partial charge in [-0.15, -0.1) is 41.6 Å². The number of para-hydroxylation sites is 1. The van der Waals surface area contributed by atoms with Crippen molar-refractivity contribution >= 4 is 16.5 Å². The number of hydrogen-bond acceptors (Lipinski definition) is 5. The van der Waals surface area contributed by atoms with Gasteiger partial charge in [-0.1, -0.05) is 32.0 Å². The van der Waals surface area contributed by atoms with Crippen LogP contribution in [0.15, 0.2) is 90.9 Å². The first-order valence-electron chi connectivity index (χ1n) is 18.2. The number of pyridine rings is 1. The van der Waals surface area contributed by atoms with Gasteiger partial charge in [0.2, 0.25) is 0 Å². The van der Waals surface area contributed by atoms with Crippen LogP contribution in [-0.4, -0.2) is 39.4 Å². The van der Waals surface area contributed by atoms with Gasteiger partial charge in [-0.25, -0.2) is 0 Å². The molecular formula is C44H56IrN3O2. The number of allylic oxidation sites excluding steroid dienone is 1. The number of aliphatic hydroxyl groups excluding tert-OH is 2. The zero-order valence-electron chi connectivity index (χ0n) is 30.8. The number of nitrogens with zero attached hydrogens (tertiary/aromatic N) is 3. The molecule has 1 aromatic heterocycles. The fourth-order valence-corrected chi connectivity index (χ4v) is 7.50. The summed E-state index contributed by atoms with van der Waals surface area (Å²) in [5.41, 5.74) is 7.18. The third-order valence-electron chi connectivity index (χ3n) is 10.8. The maximum absolute atomic E-state index is 8.56. The van der Waals surface area contributed by atoms with Gasteiger partial charge in [0.25, 0.3) is 0 Å². The van der Waals surface area contributed by atoms with E-state index in [9.17, 15) is 0 Å². The summed E-state index contributed by atoms with van der Waals surface area (Å²) < 4.78 is 0. The summed E-state index contributed by atoms with van der Waals surface area (Å²) in [6.45, 7) is 12.4. The Bertz CT molecular complexity index is 1630. The minimum Gasteiger partial charge on any atom is -0.508 e. The van der Waals surface area contributed by atoms with Crippen LogP contribution in [0.1, 0.15) is 104 Å². The van der Waals surface area contributed by atoms with Crippen molar-refractivity contribution < 1.29 is 30.3 Å². The summed E-state index contributed by atoms with van der Waals surface area (Å²) >= 11 is 0. The third kappa shape index (κ3) is 10.7. The summed E-state index contributed by atoms with van der Waals surface area (Å²) in [6.07, 6.45) is 15.1. The minimum atomic E-state index is -0.375. The Labute approximate surface area is 315 Å². The van der Waals surface area contributed by atoms with E-state index in [1.54, 1.807) is 13.8 Å². The number of anilines is 1. The van der Waals surface area contributed by atoms with Gasteiger partial charge in [-0.3, -0.25) is 0 Å². The maximum Gasteiger partial charge on any atom is 3.00 e. The van der Waals surface area contributed by atoms with Crippen LogP contribution < -0.4 is 4.90 Å². The molecule has 2 heterocycles. The number of fused-ring (bicyclic) bond motifs is 1. The van der Waals surface area contributed by atoms with Crippen LogP contribution in [-0.2, 0) is 20.1 Å². The number of hydrogen-bond donors (Lipinski definition) is 2. The molecule has 2 fully saturated rings. The molecule has 268 valence electrons. The number of rotatable bonds is 5. The van der Waals surface area contributed by atoms with Gasteiger partial charge in [0.05, 0.1) is 12.2 Å². The summed E-state index contributed by atoms with van der Waals surface area (Å²) in [5.74, 6) is 0.722. The van der Waals surface area contributed by atoms with Crippen LogP contribution in [0.2, 0.25) is 0 Å². The van der Waals surface area contributed by atoms with Crippen molar-refractivity contribution in [2.45, 2.75) is 111 Å². The van der Waals surface area contributed by atoms with Gasteiger partial charge in [0.15, 0.2) is 0 Å². The van der Waals surface area contributed by atoms with Crippen molar-refractivity contribution in [1.82, 2.24) is 9.88 Å². The van der Waals surface area contributed by atoms with Gasteiger partial charge in [0.1, 0.15) is 0 Å². The van der Waals surface area contributed by atoms with E-state index in [4.69, 9.17) is 10.2 Å². The molecule has 0 bridgehead atoms. The van der Waals surface area contributed by atoms with E-state index in [0.29, 0.717) is 17.3 Å². The van der Waals surface area contributed by atoms with Crippen LogP contribution >= 0.6 is 0 Å². The van der Waals surface area contributed by atoms with Gasteiger partial charge in [0, 0.05) is 6.20 Å². The molecule has 4 aromatic rings. The van der Waals surface area contributed by atoms with E-state index in [-0.39, 0.29) is 32.3 Å². The summed E-state index contributed by atoms with van der Waals surface area (Å²) in [7, 11) is 2.04. The van der Waals surface area contributed by atoms with Crippen molar-refractivity contribution in [3.8, 4) is 11.3 Å². The van der Waals surface area contributed by atoms with Crippen molar-refractivity contribution in [3.05, 3.63) is 115 Å². The Morgan fingerprint density at radius 3 is 2.08 bits per heavy atom. The van der Waals surface area contributed by atoms with Crippen LogP contribution in [0.4, 0.5) is 5.69 Å². The molecular weight excluding hydrogens is 795 g/mol. The van der Waals surface area contributed by atoms with Gasteiger partial charge in [-0.2, -0.15) is 37.0 Å². The van der Waals surface area contributed by atoms with Crippen molar-refractivity contribution in [2.75, 3.05) is 11.9 Å². The van der Waals surface area contributed by atoms with E-state index in [2.05, 4.69) is 90.3 Å². The molecule has 2 N–H and O–H groups in total. The molecule has 2 atom stereocenters. The van der Waals surface area contributed by atoms with Crippen LogP contribution in [0.5, 0.6) is 0 Å². The maximum atomic E-state index is 8.56. The Hall–Kier alpha value is -3.02. The number of aliphatic hydroxyl groups is 2. The quantitative estimate of drug-likeness (QED) is 0.196. The molecule has 2 unspecified atom stereocenters. The predicted octanol–water partition coefficient (Wildman–Crippen LogP) is 10.3. The SMILES string of the molecule is CC(O)CC(C)O.CC1(C)CCC2(CCC(c3ccc4c(-c5[c-]cccc5)nccc4c3)CC2)CC1.CC1=CN(c2[c-]cccc2)[CH-]N1C.[Ir+3]. The molecule has 0 radical (unpaired) electrons. The number of aromatic nitrogens is 1. The molecule has 1 aliphatic heterocycles. The average Bonchev–Trinajstić information content (AvgIpc) is 3.44. The molecule has 3 aliphatic rings. The Morgan fingerprint density at radius 1 is 0.880 bits per heavy atom. The van der Waals surface area contributed by atoms with Crippen LogP contribution in [0, 0.1) is 29.6 Å². The van der Waals surface area contributed by atoms with Gasteiger partial charge < -0.3 is 25.0 Å². The zero-order valence-corrected chi connectivity index (χ0v) is 33.2. The molecule has 50 heavy (non-hydrogen) atoms. The van der Waals surface area contributed by atoms with Gasteiger partial charge >= 0.3 is 20.1 Å². The Morgan fingerprint density at radius 2 is 1.54 bits per heavy atom. The molecule has 2 saturated carbocycles. The van der Waals surface area contributed by atoms with Gasteiger partial charge in [-0.05, 0) is 142 Å². The minimum absolute atomic E-state index is 0. The second-order valence-corrected chi connectivity index (χ2v) is 15.4. The summed E-state index contributed by atoms with van der Waals surface area (Å²) in [5, 5.41) is 19.7. The van der Waals surface area contributed by atoms with Crippen molar-refractivity contribution in [1.29, 1.82) is 0 Å². The normalized spacial score (nSPS) is 19.3. The van der Waals surface area contributed by atoms with Crippen LogP contribution in [0.3, 0.4) is 0 Å².